The number of cyclic esters (lactones) is 1. The number of ether oxygens (including phenoxy) is 2. The molecule has 0 radical (unpaired) electrons. The largest absolute Gasteiger partial charge is 0.474 e. The minimum absolute atomic E-state index is 0.0875. The van der Waals surface area contributed by atoms with Crippen molar-refractivity contribution in [3.8, 4) is 5.88 Å². The fourth-order valence-electron chi connectivity index (χ4n) is 5.17. The van der Waals surface area contributed by atoms with E-state index in [2.05, 4.69) is 15.3 Å². The summed E-state index contributed by atoms with van der Waals surface area (Å²) >= 11 is 0. The molecule has 11 heteroatoms. The molecule has 1 fully saturated rings. The Labute approximate surface area is 228 Å². The van der Waals surface area contributed by atoms with E-state index in [1.54, 1.807) is 24.5 Å². The van der Waals surface area contributed by atoms with Gasteiger partial charge in [0.25, 0.3) is 0 Å². The van der Waals surface area contributed by atoms with Gasteiger partial charge in [0.05, 0.1) is 22.4 Å². The highest BCUT2D eigenvalue weighted by molar-refractivity contribution is 7.90. The van der Waals surface area contributed by atoms with Crippen LogP contribution in [0.1, 0.15) is 75.0 Å². The first kappa shape index (κ1) is 27.3. The average molecular weight is 554 g/mol. The number of esters is 1. The monoisotopic (exact) mass is 553 g/mol. The Bertz CT molecular complexity index is 1560. The molecule has 4 heterocycles. The summed E-state index contributed by atoms with van der Waals surface area (Å²) in [4.78, 5) is 26.3. The van der Waals surface area contributed by atoms with Crippen LogP contribution in [-0.4, -0.2) is 53.1 Å². The summed E-state index contributed by atoms with van der Waals surface area (Å²) in [7, 11) is -3.01. The number of carbonyl (C=O) groups excluding carboxylic acids is 1. The van der Waals surface area contributed by atoms with E-state index in [9.17, 15) is 13.2 Å². The maximum absolute atomic E-state index is 12.5. The lowest BCUT2D eigenvalue weighted by molar-refractivity contribution is -0.0189. The van der Waals surface area contributed by atoms with Crippen molar-refractivity contribution < 1.29 is 22.7 Å². The molecule has 1 aliphatic carbocycles. The molecule has 0 unspecified atom stereocenters. The van der Waals surface area contributed by atoms with Crippen LogP contribution in [0, 0.1) is 5.92 Å². The smallest absolute Gasteiger partial charge is 0.340 e. The van der Waals surface area contributed by atoms with E-state index in [0.29, 0.717) is 41.6 Å². The zero-order valence-corrected chi connectivity index (χ0v) is 23.9. The first-order chi connectivity index (χ1) is 18.1. The highest BCUT2D eigenvalue weighted by Crippen LogP contribution is 2.39. The van der Waals surface area contributed by atoms with E-state index in [0.717, 1.165) is 16.3 Å². The molecule has 5 rings (SSSR count). The number of rotatable bonds is 7. The lowest BCUT2D eigenvalue weighted by Gasteiger charge is -2.36. The second-order valence-electron chi connectivity index (χ2n) is 12.0. The Morgan fingerprint density at radius 3 is 2.54 bits per heavy atom. The van der Waals surface area contributed by atoms with E-state index < -0.39 is 21.0 Å². The number of nitrogens with one attached hydrogen (secondary N) is 1. The van der Waals surface area contributed by atoms with Crippen molar-refractivity contribution in [3.63, 3.8) is 0 Å². The third-order valence-electron chi connectivity index (χ3n) is 7.65. The van der Waals surface area contributed by atoms with Crippen LogP contribution < -0.4 is 15.8 Å². The molecule has 1 aliphatic heterocycles. The van der Waals surface area contributed by atoms with Crippen molar-refractivity contribution in [2.45, 2.75) is 70.6 Å². The van der Waals surface area contributed by atoms with Crippen molar-refractivity contribution in [3.05, 3.63) is 47.4 Å². The van der Waals surface area contributed by atoms with Crippen LogP contribution in [0.3, 0.4) is 0 Å². The van der Waals surface area contributed by atoms with Crippen molar-refractivity contribution in [1.29, 1.82) is 0 Å². The number of sulfone groups is 1. The van der Waals surface area contributed by atoms with Gasteiger partial charge >= 0.3 is 5.97 Å². The molecule has 39 heavy (non-hydrogen) atoms. The van der Waals surface area contributed by atoms with Crippen LogP contribution in [0.2, 0.25) is 0 Å². The molecule has 1 atom stereocenters. The van der Waals surface area contributed by atoms with Crippen molar-refractivity contribution in [1.82, 2.24) is 15.0 Å². The number of nitrogens with two attached hydrogens (primary N) is 1. The summed E-state index contributed by atoms with van der Waals surface area (Å²) < 4.78 is 34.9. The fraction of sp³-hybridized carbons (Fsp3) is 0.500. The van der Waals surface area contributed by atoms with Crippen LogP contribution in [0.4, 0.5) is 11.6 Å². The quantitative estimate of drug-likeness (QED) is 0.408. The zero-order chi connectivity index (χ0) is 28.3. The molecule has 2 aliphatic rings. The third kappa shape index (κ3) is 5.56. The van der Waals surface area contributed by atoms with Crippen molar-refractivity contribution in [2.24, 2.45) is 11.7 Å². The van der Waals surface area contributed by atoms with Crippen molar-refractivity contribution in [2.75, 3.05) is 17.3 Å². The van der Waals surface area contributed by atoms with Crippen LogP contribution in [0.15, 0.2) is 30.6 Å². The molecule has 10 nitrogen and oxygen atoms in total. The summed E-state index contributed by atoms with van der Waals surface area (Å²) in [6, 6.07) is 5.35. The normalized spacial score (nSPS) is 22.5. The van der Waals surface area contributed by atoms with E-state index in [4.69, 9.17) is 20.2 Å². The van der Waals surface area contributed by atoms with Gasteiger partial charge < -0.3 is 20.5 Å². The van der Waals surface area contributed by atoms with Gasteiger partial charge in [-0.25, -0.2) is 28.2 Å². The molecule has 1 saturated carbocycles. The Kier molecular flexibility index (Phi) is 6.58. The molecule has 0 aromatic carbocycles. The standard InChI is InChI=1S/C28H35N5O5S/c1-15-24-18(26(34)38-28(15,4)5)7-8-22(33-24)32-23-11-19-20(12-30-23)25(31-13-21(19)27(2,3)29)37-17-9-16(10-17)14-39(6,35)36/h7-8,11-13,15-17H,9-10,14,29H2,1-6H3,(H,30,32,33)/t15-,16-,17+/m1/s1. The minimum atomic E-state index is -3.01. The lowest BCUT2D eigenvalue weighted by Crippen LogP contribution is -2.39. The Balaban J connectivity index is 1.44. The van der Waals surface area contributed by atoms with Crippen LogP contribution >= 0.6 is 0 Å². The number of nitrogens with zero attached hydrogens (tertiary/aromatic N) is 3. The van der Waals surface area contributed by atoms with Crippen LogP contribution in [0.25, 0.3) is 10.8 Å². The van der Waals surface area contributed by atoms with Crippen LogP contribution in [-0.2, 0) is 20.1 Å². The predicted molar refractivity (Wildman–Crippen MR) is 149 cm³/mol. The van der Waals surface area contributed by atoms with Gasteiger partial charge in [-0.05, 0) is 75.6 Å². The van der Waals surface area contributed by atoms with Gasteiger partial charge in [-0.1, -0.05) is 6.92 Å². The number of aromatic nitrogens is 3. The zero-order valence-electron chi connectivity index (χ0n) is 23.1. The summed E-state index contributed by atoms with van der Waals surface area (Å²) in [5.41, 5.74) is 7.13. The summed E-state index contributed by atoms with van der Waals surface area (Å²) in [6.45, 7) is 9.57. The molecule has 0 saturated heterocycles. The summed E-state index contributed by atoms with van der Waals surface area (Å²) in [5, 5.41) is 4.83. The van der Waals surface area contributed by atoms with Gasteiger partial charge in [-0.15, -0.1) is 0 Å². The summed E-state index contributed by atoms with van der Waals surface area (Å²) in [6.07, 6.45) is 5.92. The number of anilines is 2. The van der Waals surface area contributed by atoms with E-state index in [1.807, 2.05) is 40.7 Å². The first-order valence-corrected chi connectivity index (χ1v) is 15.1. The van der Waals surface area contributed by atoms with Crippen molar-refractivity contribution >= 4 is 38.2 Å². The second-order valence-corrected chi connectivity index (χ2v) is 14.1. The molecular weight excluding hydrogens is 518 g/mol. The van der Waals surface area contributed by atoms with Gasteiger partial charge in [-0.3, -0.25) is 0 Å². The number of hydrogen-bond acceptors (Lipinski definition) is 10. The topological polar surface area (TPSA) is 146 Å². The molecule has 208 valence electrons. The fourth-order valence-corrected chi connectivity index (χ4v) is 6.30. The second kappa shape index (κ2) is 9.41. The highest BCUT2D eigenvalue weighted by atomic mass is 32.2. The molecule has 3 aromatic heterocycles. The molecule has 3 aromatic rings. The Morgan fingerprint density at radius 2 is 1.87 bits per heavy atom. The SMILES string of the molecule is C[C@@H]1c2nc(Nc3cc4c(C(C)(C)N)cnc(O[C@H]5C[C@@H](CS(C)(=O)=O)C5)c4cn3)ccc2C(=O)OC1(C)C. The number of carbonyl (C=O) groups is 1. The molecule has 3 N–H and O–H groups in total. The van der Waals surface area contributed by atoms with E-state index in [-0.39, 0.29) is 29.7 Å². The summed E-state index contributed by atoms with van der Waals surface area (Å²) in [5.74, 6) is 1.37. The number of hydrogen-bond donors (Lipinski definition) is 2. The molecule has 0 spiro atoms. The van der Waals surface area contributed by atoms with Gasteiger partial charge in [0, 0.05) is 30.1 Å². The Hall–Kier alpha value is -3.31. The van der Waals surface area contributed by atoms with E-state index in [1.165, 1.54) is 6.26 Å². The molecular formula is C28H35N5O5S. The lowest BCUT2D eigenvalue weighted by atomic mass is 9.84. The average Bonchev–Trinajstić information content (AvgIpc) is 2.79. The highest BCUT2D eigenvalue weighted by Gasteiger charge is 2.40. The first-order valence-electron chi connectivity index (χ1n) is 13.0. The number of pyridine rings is 3. The van der Waals surface area contributed by atoms with Gasteiger partial charge in [0.15, 0.2) is 0 Å². The maximum atomic E-state index is 12.5. The van der Waals surface area contributed by atoms with Gasteiger partial charge in [-0.2, -0.15) is 0 Å². The van der Waals surface area contributed by atoms with Gasteiger partial charge in [0.2, 0.25) is 5.88 Å². The maximum Gasteiger partial charge on any atom is 0.340 e. The third-order valence-corrected chi connectivity index (χ3v) is 8.73. The predicted octanol–water partition coefficient (Wildman–Crippen LogP) is 4.22. The van der Waals surface area contributed by atoms with Gasteiger partial charge in [0.1, 0.15) is 33.2 Å². The van der Waals surface area contributed by atoms with Crippen LogP contribution in [0.5, 0.6) is 5.88 Å². The minimum Gasteiger partial charge on any atom is -0.474 e. The molecule has 0 amide bonds. The van der Waals surface area contributed by atoms with E-state index >= 15 is 0 Å². The molecule has 0 bridgehead atoms. The number of fused-ring (bicyclic) bond motifs is 2. The Morgan fingerprint density at radius 1 is 1.15 bits per heavy atom.